The average molecular weight is 609 g/mol. The van der Waals surface area contributed by atoms with Gasteiger partial charge in [-0.05, 0) is 80.3 Å². The maximum atomic E-state index is 14.8. The zero-order valence-electron chi connectivity index (χ0n) is 25.1. The number of sulfonamides is 1. The van der Waals surface area contributed by atoms with Gasteiger partial charge in [0.05, 0.1) is 16.7 Å². The lowest BCUT2D eigenvalue weighted by Gasteiger charge is -2.42. The lowest BCUT2D eigenvalue weighted by molar-refractivity contribution is -0.131. The molecule has 0 unspecified atom stereocenters. The molecule has 3 amide bonds. The Labute approximate surface area is 252 Å². The molecule has 0 aliphatic carbocycles. The molecule has 2 saturated heterocycles. The molecule has 2 aliphatic rings. The molecular formula is C32H37FN4O5S. The van der Waals surface area contributed by atoms with Crippen molar-refractivity contribution >= 4 is 27.6 Å². The van der Waals surface area contributed by atoms with Gasteiger partial charge in [-0.1, -0.05) is 24.3 Å². The van der Waals surface area contributed by atoms with Gasteiger partial charge in [0.25, 0.3) is 5.91 Å². The van der Waals surface area contributed by atoms with Crippen LogP contribution < -0.4 is 9.64 Å². The number of likely N-dealkylation sites (tertiary alicyclic amines) is 1. The van der Waals surface area contributed by atoms with E-state index in [0.29, 0.717) is 43.6 Å². The van der Waals surface area contributed by atoms with E-state index in [4.69, 9.17) is 4.74 Å². The van der Waals surface area contributed by atoms with E-state index >= 15 is 0 Å². The van der Waals surface area contributed by atoms with E-state index in [1.54, 1.807) is 18.2 Å². The van der Waals surface area contributed by atoms with Crippen LogP contribution in [0.2, 0.25) is 0 Å². The molecule has 5 rings (SSSR count). The Balaban J connectivity index is 1.45. The van der Waals surface area contributed by atoms with Crippen LogP contribution in [0.1, 0.15) is 32.3 Å². The van der Waals surface area contributed by atoms with Crippen molar-refractivity contribution in [2.24, 2.45) is 0 Å². The maximum absolute atomic E-state index is 14.8. The number of hydrogen-bond acceptors (Lipinski definition) is 6. The third-order valence-corrected chi connectivity index (χ3v) is 9.94. The summed E-state index contributed by atoms with van der Waals surface area (Å²) in [5.74, 6) is -0.0557. The number of nitrogens with zero attached hydrogens (tertiary/aromatic N) is 4. The highest BCUT2D eigenvalue weighted by Crippen LogP contribution is 2.44. The van der Waals surface area contributed by atoms with Crippen LogP contribution in [0.25, 0.3) is 11.1 Å². The number of amides is 3. The average Bonchev–Trinajstić information content (AvgIpc) is 3.14. The van der Waals surface area contributed by atoms with Crippen molar-refractivity contribution in [3.05, 3.63) is 78.1 Å². The second-order valence-corrected chi connectivity index (χ2v) is 13.7. The van der Waals surface area contributed by atoms with E-state index in [1.807, 2.05) is 38.1 Å². The van der Waals surface area contributed by atoms with Crippen LogP contribution in [0.5, 0.6) is 5.75 Å². The third kappa shape index (κ3) is 5.76. The lowest BCUT2D eigenvalue weighted by atomic mass is 9.84. The number of carbonyl (C=O) groups is 2. The highest BCUT2D eigenvalue weighted by atomic mass is 32.2. The highest BCUT2D eigenvalue weighted by molar-refractivity contribution is 7.89. The molecule has 0 saturated carbocycles. The third-order valence-electron chi connectivity index (χ3n) is 8.11. The maximum Gasteiger partial charge on any atom is 0.331 e. The summed E-state index contributed by atoms with van der Waals surface area (Å²) >= 11 is 0. The van der Waals surface area contributed by atoms with Gasteiger partial charge in [0.15, 0.2) is 0 Å². The number of hydrogen-bond donors (Lipinski definition) is 0. The normalized spacial score (nSPS) is 17.5. The molecule has 0 bridgehead atoms. The molecule has 2 fully saturated rings. The first-order valence-corrected chi connectivity index (χ1v) is 15.7. The Morgan fingerprint density at radius 2 is 1.65 bits per heavy atom. The molecule has 0 atom stereocenters. The van der Waals surface area contributed by atoms with Gasteiger partial charge >= 0.3 is 6.03 Å². The predicted molar refractivity (Wildman–Crippen MR) is 163 cm³/mol. The molecule has 3 aromatic rings. The van der Waals surface area contributed by atoms with Gasteiger partial charge in [-0.3, -0.25) is 19.5 Å². The summed E-state index contributed by atoms with van der Waals surface area (Å²) in [6.45, 7) is 5.74. The Morgan fingerprint density at radius 3 is 2.28 bits per heavy atom. The minimum absolute atomic E-state index is 0.0655. The lowest BCUT2D eigenvalue weighted by Crippen LogP contribution is -2.56. The van der Waals surface area contributed by atoms with Gasteiger partial charge in [0.2, 0.25) is 10.0 Å². The number of piperidine rings is 1. The Kier molecular flexibility index (Phi) is 8.34. The first-order chi connectivity index (χ1) is 20.3. The van der Waals surface area contributed by atoms with Crippen LogP contribution in [0.15, 0.2) is 71.6 Å². The van der Waals surface area contributed by atoms with Crippen LogP contribution >= 0.6 is 0 Å². The summed E-state index contributed by atoms with van der Waals surface area (Å²) < 4.78 is 46.9. The molecule has 228 valence electrons. The van der Waals surface area contributed by atoms with Crippen molar-refractivity contribution < 1.29 is 27.1 Å². The molecule has 0 radical (unpaired) electrons. The van der Waals surface area contributed by atoms with E-state index < -0.39 is 27.4 Å². The van der Waals surface area contributed by atoms with Crippen LogP contribution in [0, 0.1) is 5.82 Å². The quantitative estimate of drug-likeness (QED) is 0.336. The Morgan fingerprint density at radius 1 is 0.977 bits per heavy atom. The van der Waals surface area contributed by atoms with E-state index in [-0.39, 0.29) is 22.6 Å². The number of anilines is 1. The summed E-state index contributed by atoms with van der Waals surface area (Å²) in [7, 11) is 0.724. The van der Waals surface area contributed by atoms with Crippen LogP contribution in [-0.2, 0) is 21.4 Å². The molecule has 43 heavy (non-hydrogen) atoms. The van der Waals surface area contributed by atoms with E-state index in [2.05, 4.69) is 4.90 Å². The molecule has 11 heteroatoms. The number of benzene rings is 3. The van der Waals surface area contributed by atoms with Gasteiger partial charge in [-0.15, -0.1) is 0 Å². The fourth-order valence-electron chi connectivity index (χ4n) is 5.88. The molecule has 2 aliphatic heterocycles. The SMILES string of the molecule is CC(C)Oc1cccc(CN2CCC3(CC2)C(=O)N(C)C(=O)N3c2cc(F)ccc2-c2ccc(S(=O)(=O)N(C)C)cc2)c1. The van der Waals surface area contributed by atoms with Crippen molar-refractivity contribution in [3.8, 4) is 16.9 Å². The first kappa shape index (κ1) is 30.7. The monoisotopic (exact) mass is 608 g/mol. The van der Waals surface area contributed by atoms with Gasteiger partial charge < -0.3 is 4.74 Å². The summed E-state index contributed by atoms with van der Waals surface area (Å²) in [6, 6.07) is 17.8. The van der Waals surface area contributed by atoms with Crippen molar-refractivity contribution in [1.82, 2.24) is 14.1 Å². The number of carbonyl (C=O) groups excluding carboxylic acids is 2. The number of halogens is 1. The summed E-state index contributed by atoms with van der Waals surface area (Å²) in [6.07, 6.45) is 0.816. The zero-order valence-corrected chi connectivity index (χ0v) is 25.9. The fourth-order valence-corrected chi connectivity index (χ4v) is 6.78. The van der Waals surface area contributed by atoms with E-state index in [0.717, 1.165) is 20.5 Å². The van der Waals surface area contributed by atoms with E-state index in [1.165, 1.54) is 50.3 Å². The molecule has 9 nitrogen and oxygen atoms in total. The smallest absolute Gasteiger partial charge is 0.331 e. The summed E-state index contributed by atoms with van der Waals surface area (Å²) in [5.41, 5.74) is 1.32. The molecule has 3 aromatic carbocycles. The van der Waals surface area contributed by atoms with Gasteiger partial charge in [0.1, 0.15) is 17.1 Å². The summed E-state index contributed by atoms with van der Waals surface area (Å²) in [4.78, 5) is 32.3. The first-order valence-electron chi connectivity index (χ1n) is 14.3. The molecule has 0 N–H and O–H groups in total. The zero-order chi connectivity index (χ0) is 31.1. The number of urea groups is 1. The van der Waals surface area contributed by atoms with Gasteiger partial charge in [-0.25, -0.2) is 21.9 Å². The second-order valence-electron chi connectivity index (χ2n) is 11.6. The molecule has 2 heterocycles. The fraction of sp³-hybridized carbons (Fsp3) is 0.375. The number of likely N-dealkylation sites (N-methyl/N-ethyl adjacent to an activating group) is 1. The van der Waals surface area contributed by atoms with Crippen LogP contribution in [-0.4, -0.2) is 80.3 Å². The number of imide groups is 1. The van der Waals surface area contributed by atoms with Crippen molar-refractivity contribution in [2.45, 2.75) is 49.8 Å². The van der Waals surface area contributed by atoms with Crippen LogP contribution in [0.3, 0.4) is 0 Å². The highest BCUT2D eigenvalue weighted by Gasteiger charge is 2.58. The van der Waals surface area contributed by atoms with Gasteiger partial charge in [-0.2, -0.15) is 0 Å². The number of rotatable bonds is 8. The molecular weight excluding hydrogens is 571 g/mol. The standard InChI is InChI=1S/C32H37FN4O5S/c1-22(2)42-26-8-6-7-23(19-26)21-36-17-15-32(16-18-36)30(38)35(5)31(39)37(32)29-20-25(33)11-14-28(29)24-9-12-27(13-10-24)43(40,41)34(3)4/h6-14,19-20,22H,15-18,21H2,1-5H3. The van der Waals surface area contributed by atoms with Crippen molar-refractivity contribution in [3.63, 3.8) is 0 Å². The van der Waals surface area contributed by atoms with Crippen LogP contribution in [0.4, 0.5) is 14.9 Å². The second kappa shape index (κ2) is 11.7. The summed E-state index contributed by atoms with van der Waals surface area (Å²) in [5, 5.41) is 0. The molecule has 1 spiro atoms. The number of ether oxygens (including phenoxy) is 1. The molecule has 0 aromatic heterocycles. The van der Waals surface area contributed by atoms with Crippen molar-refractivity contribution in [2.75, 3.05) is 39.1 Å². The Bertz CT molecular complexity index is 1630. The van der Waals surface area contributed by atoms with Gasteiger partial charge in [0, 0.05) is 46.3 Å². The topological polar surface area (TPSA) is 90.5 Å². The minimum atomic E-state index is -3.64. The largest absolute Gasteiger partial charge is 0.491 e. The predicted octanol–water partition coefficient (Wildman–Crippen LogP) is 4.96. The van der Waals surface area contributed by atoms with E-state index in [9.17, 15) is 22.4 Å². The Hall–Kier alpha value is -3.80. The van der Waals surface area contributed by atoms with Crippen molar-refractivity contribution in [1.29, 1.82) is 0 Å². The minimum Gasteiger partial charge on any atom is -0.491 e.